The SMILES string of the molecule is FN1CCC(C(F)(F)F)C1. The van der Waals surface area contributed by atoms with E-state index in [0.29, 0.717) is 0 Å². The van der Waals surface area contributed by atoms with Gasteiger partial charge in [0.1, 0.15) is 0 Å². The van der Waals surface area contributed by atoms with Crippen LogP contribution < -0.4 is 0 Å². The highest BCUT2D eigenvalue weighted by Gasteiger charge is 2.43. The minimum Gasteiger partial charge on any atom is -0.171 e. The van der Waals surface area contributed by atoms with Crippen molar-refractivity contribution in [2.45, 2.75) is 12.6 Å². The van der Waals surface area contributed by atoms with Gasteiger partial charge in [-0.2, -0.15) is 13.2 Å². The summed E-state index contributed by atoms with van der Waals surface area (Å²) < 4.78 is 47.3. The Bertz CT molecular complexity index is 121. The molecule has 1 aliphatic heterocycles. The van der Waals surface area contributed by atoms with Crippen LogP contribution in [0.4, 0.5) is 17.7 Å². The molecule has 5 heteroatoms. The summed E-state index contributed by atoms with van der Waals surface area (Å²) in [6.07, 6.45) is -4.33. The van der Waals surface area contributed by atoms with Crippen molar-refractivity contribution in [2.24, 2.45) is 5.92 Å². The van der Waals surface area contributed by atoms with Gasteiger partial charge in [0.15, 0.2) is 0 Å². The summed E-state index contributed by atoms with van der Waals surface area (Å²) in [7, 11) is 0. The highest BCUT2D eigenvalue weighted by Crippen LogP contribution is 2.33. The smallest absolute Gasteiger partial charge is 0.171 e. The number of nitrogens with zero attached hydrogens (tertiary/aromatic N) is 1. The lowest BCUT2D eigenvalue weighted by molar-refractivity contribution is -0.173. The summed E-state index contributed by atoms with van der Waals surface area (Å²) in [5.41, 5.74) is 0. The molecule has 1 unspecified atom stereocenters. The van der Waals surface area contributed by atoms with E-state index in [0.717, 1.165) is 0 Å². The van der Waals surface area contributed by atoms with Crippen LogP contribution in [0.1, 0.15) is 6.42 Å². The van der Waals surface area contributed by atoms with Crippen molar-refractivity contribution in [2.75, 3.05) is 13.1 Å². The third-order valence-electron chi connectivity index (χ3n) is 1.60. The summed E-state index contributed by atoms with van der Waals surface area (Å²) in [5.74, 6) is -1.46. The molecule has 0 spiro atoms. The Morgan fingerprint density at radius 3 is 2.10 bits per heavy atom. The number of rotatable bonds is 0. The maximum absolute atomic E-state index is 12.0. The van der Waals surface area contributed by atoms with Crippen LogP contribution in [0.2, 0.25) is 0 Å². The van der Waals surface area contributed by atoms with E-state index < -0.39 is 18.6 Å². The molecule has 0 aromatic heterocycles. The van der Waals surface area contributed by atoms with Gasteiger partial charge in [-0.1, -0.05) is 0 Å². The summed E-state index contributed by atoms with van der Waals surface area (Å²) in [4.78, 5) is 0. The lowest BCUT2D eigenvalue weighted by Crippen LogP contribution is -2.24. The zero-order valence-electron chi connectivity index (χ0n) is 5.16. The van der Waals surface area contributed by atoms with Crippen molar-refractivity contribution in [1.82, 2.24) is 5.12 Å². The van der Waals surface area contributed by atoms with Crippen molar-refractivity contribution in [3.63, 3.8) is 0 Å². The van der Waals surface area contributed by atoms with E-state index in [1.165, 1.54) is 0 Å². The average molecular weight is 157 g/mol. The van der Waals surface area contributed by atoms with Gasteiger partial charge in [-0.05, 0) is 6.42 Å². The molecule has 0 aromatic carbocycles. The molecular formula is C5H7F4N. The number of alkyl halides is 3. The second-order valence-electron chi connectivity index (χ2n) is 2.40. The van der Waals surface area contributed by atoms with Crippen molar-refractivity contribution >= 4 is 0 Å². The fraction of sp³-hybridized carbons (Fsp3) is 1.00. The Morgan fingerprint density at radius 2 is 1.90 bits per heavy atom. The molecule has 1 fully saturated rings. The molecule has 60 valence electrons. The summed E-state index contributed by atoms with van der Waals surface area (Å²) in [5, 5.41) is 0.207. The topological polar surface area (TPSA) is 3.24 Å². The van der Waals surface area contributed by atoms with E-state index in [4.69, 9.17) is 0 Å². The summed E-state index contributed by atoms with van der Waals surface area (Å²) in [6.45, 7) is -0.590. The first kappa shape index (κ1) is 7.78. The molecule has 1 saturated heterocycles. The average Bonchev–Trinajstić information content (AvgIpc) is 2.11. The predicted octanol–water partition coefficient (Wildman–Crippen LogP) is 1.76. The molecule has 0 radical (unpaired) electrons. The molecule has 0 bridgehead atoms. The standard InChI is InChI=1S/C5H7F4N/c6-5(7,8)4-1-2-10(9)3-4/h4H,1-3H2. The monoisotopic (exact) mass is 157 g/mol. The summed E-state index contributed by atoms with van der Waals surface area (Å²) >= 11 is 0. The minimum absolute atomic E-state index is 0.0931. The quantitative estimate of drug-likeness (QED) is 0.382. The first-order valence-corrected chi connectivity index (χ1v) is 2.97. The van der Waals surface area contributed by atoms with E-state index in [2.05, 4.69) is 0 Å². The largest absolute Gasteiger partial charge is 0.393 e. The third kappa shape index (κ3) is 1.59. The number of hydrogen-bond donors (Lipinski definition) is 0. The Labute approximate surface area is 55.6 Å². The molecule has 1 heterocycles. The predicted molar refractivity (Wildman–Crippen MR) is 26.8 cm³/mol. The van der Waals surface area contributed by atoms with Gasteiger partial charge in [0, 0.05) is 13.1 Å². The number of hydrogen-bond acceptors (Lipinski definition) is 1. The van der Waals surface area contributed by atoms with E-state index in [9.17, 15) is 17.7 Å². The van der Waals surface area contributed by atoms with Gasteiger partial charge in [0.25, 0.3) is 0 Å². The molecule has 0 aromatic rings. The second kappa shape index (κ2) is 2.38. The molecule has 10 heavy (non-hydrogen) atoms. The van der Waals surface area contributed by atoms with Crippen LogP contribution >= 0.6 is 0 Å². The van der Waals surface area contributed by atoms with Crippen LogP contribution in [0.5, 0.6) is 0 Å². The van der Waals surface area contributed by atoms with Gasteiger partial charge in [-0.25, -0.2) is 0 Å². The third-order valence-corrected chi connectivity index (χ3v) is 1.60. The van der Waals surface area contributed by atoms with Gasteiger partial charge in [0.05, 0.1) is 5.92 Å². The first-order valence-electron chi connectivity index (χ1n) is 2.97. The van der Waals surface area contributed by atoms with Crippen molar-refractivity contribution in [1.29, 1.82) is 0 Å². The zero-order valence-corrected chi connectivity index (χ0v) is 5.16. The van der Waals surface area contributed by atoms with Crippen LogP contribution in [0.25, 0.3) is 0 Å². The zero-order chi connectivity index (χ0) is 7.78. The lowest BCUT2D eigenvalue weighted by atomic mass is 10.1. The van der Waals surface area contributed by atoms with E-state index in [1.54, 1.807) is 0 Å². The van der Waals surface area contributed by atoms with Gasteiger partial charge in [0.2, 0.25) is 0 Å². The molecule has 1 rings (SSSR count). The van der Waals surface area contributed by atoms with Crippen LogP contribution in [-0.4, -0.2) is 24.4 Å². The molecule has 0 N–H and O–H groups in total. The van der Waals surface area contributed by atoms with Crippen LogP contribution in [0.15, 0.2) is 0 Å². The maximum Gasteiger partial charge on any atom is 0.393 e. The van der Waals surface area contributed by atoms with Crippen LogP contribution in [-0.2, 0) is 0 Å². The molecule has 1 atom stereocenters. The highest BCUT2D eigenvalue weighted by atomic mass is 19.4. The molecule has 1 nitrogen and oxygen atoms in total. The lowest BCUT2D eigenvalue weighted by Gasteiger charge is -2.12. The molecule has 0 aliphatic carbocycles. The van der Waals surface area contributed by atoms with Crippen LogP contribution in [0.3, 0.4) is 0 Å². The molecular weight excluding hydrogens is 150 g/mol. The molecule has 1 aliphatic rings. The Morgan fingerprint density at radius 1 is 1.30 bits per heavy atom. The first-order chi connectivity index (χ1) is 4.50. The Hall–Kier alpha value is -0.320. The van der Waals surface area contributed by atoms with E-state index in [-0.39, 0.29) is 18.1 Å². The van der Waals surface area contributed by atoms with Crippen molar-refractivity contribution in [3.05, 3.63) is 0 Å². The van der Waals surface area contributed by atoms with Crippen molar-refractivity contribution < 1.29 is 17.7 Å². The summed E-state index contributed by atoms with van der Waals surface area (Å²) in [6, 6.07) is 0. The second-order valence-corrected chi connectivity index (χ2v) is 2.40. The van der Waals surface area contributed by atoms with Gasteiger partial charge >= 0.3 is 6.18 Å². The maximum atomic E-state index is 12.0. The van der Waals surface area contributed by atoms with Gasteiger partial charge in [-0.3, -0.25) is 0 Å². The van der Waals surface area contributed by atoms with E-state index >= 15 is 0 Å². The van der Waals surface area contributed by atoms with Crippen LogP contribution in [0, 0.1) is 5.92 Å². The van der Waals surface area contributed by atoms with Crippen molar-refractivity contribution in [3.8, 4) is 0 Å². The molecule has 0 saturated carbocycles. The fourth-order valence-corrected chi connectivity index (χ4v) is 0.985. The Balaban J connectivity index is 2.45. The number of halogens is 4. The Kier molecular flexibility index (Phi) is 1.85. The fourth-order valence-electron chi connectivity index (χ4n) is 0.985. The minimum atomic E-state index is -4.22. The van der Waals surface area contributed by atoms with Gasteiger partial charge in [-0.15, -0.1) is 9.60 Å². The highest BCUT2D eigenvalue weighted by molar-refractivity contribution is 4.76. The van der Waals surface area contributed by atoms with E-state index in [1.807, 2.05) is 0 Å². The molecule has 0 amide bonds. The van der Waals surface area contributed by atoms with Gasteiger partial charge < -0.3 is 0 Å². The normalized spacial score (nSPS) is 29.4.